The zero-order valence-corrected chi connectivity index (χ0v) is 18.4. The summed E-state index contributed by atoms with van der Waals surface area (Å²) in [5.74, 6) is -0.164. The summed E-state index contributed by atoms with van der Waals surface area (Å²) in [7, 11) is 0. The quantitative estimate of drug-likeness (QED) is 0.708. The highest BCUT2D eigenvalue weighted by molar-refractivity contribution is 7.59. The molecule has 0 unspecified atom stereocenters. The third-order valence-corrected chi connectivity index (χ3v) is 6.79. The van der Waals surface area contributed by atoms with Crippen molar-refractivity contribution in [2.45, 2.75) is 32.2 Å². The number of carbonyl (C=O) groups excluding carboxylic acids is 2. The van der Waals surface area contributed by atoms with E-state index in [9.17, 15) is 9.59 Å². The van der Waals surface area contributed by atoms with Crippen LogP contribution in [0, 0.1) is 5.41 Å². The van der Waals surface area contributed by atoms with Crippen LogP contribution in [0.2, 0.25) is 10.0 Å². The molecule has 0 radical (unpaired) electrons. The van der Waals surface area contributed by atoms with Gasteiger partial charge >= 0.3 is 0 Å². The van der Waals surface area contributed by atoms with Crippen LogP contribution < -0.4 is 0 Å². The second-order valence-electron chi connectivity index (χ2n) is 7.70. The lowest BCUT2D eigenvalue weighted by Crippen LogP contribution is -2.38. The number of Topliss-reactive ketones (excluding diaryl/α,β-unsaturated/α-hetero) is 1. The maximum atomic E-state index is 13.3. The molecule has 1 saturated heterocycles. The zero-order valence-electron chi connectivity index (χ0n) is 15.9. The van der Waals surface area contributed by atoms with E-state index >= 15 is 0 Å². The van der Waals surface area contributed by atoms with Crippen LogP contribution in [0.5, 0.6) is 0 Å². The number of benzene rings is 2. The third kappa shape index (κ3) is 4.06. The zero-order chi connectivity index (χ0) is 19.9. The predicted molar refractivity (Wildman–Crippen MR) is 119 cm³/mol. The average Bonchev–Trinajstić information content (AvgIpc) is 2.99. The lowest BCUT2D eigenvalue weighted by atomic mass is 9.70. The first kappa shape index (κ1) is 22.2. The van der Waals surface area contributed by atoms with Gasteiger partial charge in [-0.05, 0) is 55.0 Å². The Labute approximate surface area is 187 Å². The molecule has 1 atom stereocenters. The summed E-state index contributed by atoms with van der Waals surface area (Å²) in [6.45, 7) is 0.579. The Morgan fingerprint density at radius 1 is 1.10 bits per heavy atom. The predicted octanol–water partition coefficient (Wildman–Crippen LogP) is 4.19. The number of aliphatic hydroxyl groups is 1. The Morgan fingerprint density at radius 2 is 1.83 bits per heavy atom. The molecule has 1 aliphatic heterocycles. The van der Waals surface area contributed by atoms with Crippen molar-refractivity contribution in [3.63, 3.8) is 0 Å². The van der Waals surface area contributed by atoms with E-state index < -0.39 is 12.0 Å². The Hall–Kier alpha value is -1.53. The molecule has 29 heavy (non-hydrogen) atoms. The fourth-order valence-corrected chi connectivity index (χ4v) is 4.96. The summed E-state index contributed by atoms with van der Waals surface area (Å²) in [6, 6.07) is 10.9. The Balaban J connectivity index is 0.00000240. The van der Waals surface area contributed by atoms with E-state index in [-0.39, 0.29) is 25.2 Å². The molecular weight excluding hydrogens is 429 g/mol. The number of aryl methyl sites for hydroxylation is 1. The van der Waals surface area contributed by atoms with Crippen LogP contribution in [-0.4, -0.2) is 34.8 Å². The van der Waals surface area contributed by atoms with E-state index in [2.05, 4.69) is 0 Å². The van der Waals surface area contributed by atoms with Gasteiger partial charge in [-0.25, -0.2) is 0 Å². The van der Waals surface area contributed by atoms with Gasteiger partial charge in [0.1, 0.15) is 6.61 Å². The van der Waals surface area contributed by atoms with Gasteiger partial charge in [0.25, 0.3) is 0 Å². The van der Waals surface area contributed by atoms with E-state index in [1.165, 1.54) is 5.56 Å². The van der Waals surface area contributed by atoms with Gasteiger partial charge in [0.05, 0.1) is 5.41 Å². The second kappa shape index (κ2) is 8.68. The van der Waals surface area contributed by atoms with E-state index in [0.717, 1.165) is 30.4 Å². The molecule has 2 aliphatic rings. The molecule has 1 amide bonds. The van der Waals surface area contributed by atoms with E-state index in [4.69, 9.17) is 28.3 Å². The molecule has 2 aromatic rings. The summed E-state index contributed by atoms with van der Waals surface area (Å²) in [5.41, 5.74) is 3.07. The van der Waals surface area contributed by atoms with Crippen LogP contribution in [0.15, 0.2) is 36.4 Å². The minimum absolute atomic E-state index is 0. The summed E-state index contributed by atoms with van der Waals surface area (Å²) in [6.07, 6.45) is 3.03. The lowest BCUT2D eigenvalue weighted by molar-refractivity contribution is -0.137. The second-order valence-corrected chi connectivity index (χ2v) is 8.51. The van der Waals surface area contributed by atoms with Crippen LogP contribution >= 0.6 is 36.7 Å². The van der Waals surface area contributed by atoms with Gasteiger partial charge in [0.2, 0.25) is 5.91 Å². The van der Waals surface area contributed by atoms with Crippen LogP contribution in [0.1, 0.15) is 39.9 Å². The first-order valence-electron chi connectivity index (χ1n) is 9.42. The Morgan fingerprint density at radius 3 is 2.52 bits per heavy atom. The molecule has 1 fully saturated rings. The van der Waals surface area contributed by atoms with Crippen molar-refractivity contribution in [1.29, 1.82) is 0 Å². The fourth-order valence-electron chi connectivity index (χ4n) is 4.44. The van der Waals surface area contributed by atoms with Crippen molar-refractivity contribution in [2.24, 2.45) is 5.41 Å². The van der Waals surface area contributed by atoms with Gasteiger partial charge in [-0.2, -0.15) is 13.5 Å². The third-order valence-electron chi connectivity index (χ3n) is 6.09. The van der Waals surface area contributed by atoms with Crippen molar-refractivity contribution in [2.75, 3.05) is 13.2 Å². The van der Waals surface area contributed by atoms with Gasteiger partial charge in [0, 0.05) is 34.3 Å². The van der Waals surface area contributed by atoms with E-state index in [1.54, 1.807) is 24.3 Å². The van der Waals surface area contributed by atoms with E-state index in [0.29, 0.717) is 35.1 Å². The van der Waals surface area contributed by atoms with Crippen molar-refractivity contribution < 1.29 is 14.7 Å². The number of hydrogen-bond donors (Lipinski definition) is 1. The number of fused-ring (bicyclic) bond motifs is 1. The standard InChI is InChI=1S/C22H21Cl2NO3.H2S/c23-18-2-1-3-19(24)17(18)12-25-9-8-22(21(25)28)7-6-14-4-5-15(20(27)13-26)10-16(14)11-22;/h1-5,10,26H,6-9,11-13H2;1H2/t22-;/m1./s1. The molecule has 1 aliphatic carbocycles. The molecule has 2 aromatic carbocycles. The smallest absolute Gasteiger partial charge is 0.229 e. The Bertz CT molecular complexity index is 945. The number of hydrogen-bond acceptors (Lipinski definition) is 3. The highest BCUT2D eigenvalue weighted by Crippen LogP contribution is 2.44. The first-order valence-corrected chi connectivity index (χ1v) is 10.2. The number of halogens is 2. The van der Waals surface area contributed by atoms with Crippen LogP contribution in [0.3, 0.4) is 0 Å². The van der Waals surface area contributed by atoms with Crippen LogP contribution in [0.4, 0.5) is 0 Å². The van der Waals surface area contributed by atoms with Gasteiger partial charge in [-0.1, -0.05) is 41.4 Å². The average molecular weight is 452 g/mol. The molecule has 1 heterocycles. The van der Waals surface area contributed by atoms with Crippen LogP contribution in [0.25, 0.3) is 0 Å². The number of likely N-dealkylation sites (tertiary alicyclic amines) is 1. The summed E-state index contributed by atoms with van der Waals surface area (Å²) < 4.78 is 0. The monoisotopic (exact) mass is 451 g/mol. The SMILES string of the molecule is O=C(CO)c1ccc2c(c1)C[C@@]1(CC2)CCN(Cc2c(Cl)cccc2Cl)C1=O.S. The molecule has 0 saturated carbocycles. The first-order chi connectivity index (χ1) is 13.4. The molecule has 1 spiro atoms. The molecule has 7 heteroatoms. The van der Waals surface area contributed by atoms with Gasteiger partial charge in [-0.15, -0.1) is 0 Å². The number of carbonyl (C=O) groups is 2. The molecule has 0 bridgehead atoms. The molecule has 154 valence electrons. The van der Waals surface area contributed by atoms with Gasteiger partial charge < -0.3 is 10.0 Å². The van der Waals surface area contributed by atoms with Crippen molar-refractivity contribution in [3.05, 3.63) is 68.7 Å². The summed E-state index contributed by atoms with van der Waals surface area (Å²) >= 11 is 12.6. The van der Waals surface area contributed by atoms with E-state index in [1.807, 2.05) is 17.0 Å². The lowest BCUT2D eigenvalue weighted by Gasteiger charge is -2.33. The van der Waals surface area contributed by atoms with Crippen molar-refractivity contribution in [1.82, 2.24) is 4.90 Å². The largest absolute Gasteiger partial charge is 0.388 e. The molecule has 1 N–H and O–H groups in total. The fraction of sp³-hybridized carbons (Fsp3) is 0.364. The highest BCUT2D eigenvalue weighted by atomic mass is 35.5. The maximum absolute atomic E-state index is 13.3. The molecule has 4 nitrogen and oxygen atoms in total. The van der Waals surface area contributed by atoms with Crippen LogP contribution in [-0.2, 0) is 24.2 Å². The summed E-state index contributed by atoms with van der Waals surface area (Å²) in [5, 5.41) is 10.3. The number of nitrogens with zero attached hydrogens (tertiary/aromatic N) is 1. The van der Waals surface area contributed by atoms with Crippen molar-refractivity contribution in [3.8, 4) is 0 Å². The molecule has 0 aromatic heterocycles. The number of rotatable bonds is 4. The van der Waals surface area contributed by atoms with Gasteiger partial charge in [0.15, 0.2) is 5.78 Å². The minimum atomic E-state index is -0.505. The normalized spacial score (nSPS) is 20.5. The number of ketones is 1. The topological polar surface area (TPSA) is 57.6 Å². The molecular formula is C22H23Cl2NO3S. The Kier molecular flexibility index (Phi) is 6.64. The van der Waals surface area contributed by atoms with Crippen molar-refractivity contribution >= 4 is 48.4 Å². The maximum Gasteiger partial charge on any atom is 0.229 e. The number of amides is 1. The highest BCUT2D eigenvalue weighted by Gasteiger charge is 2.48. The minimum Gasteiger partial charge on any atom is -0.388 e. The molecule has 4 rings (SSSR count). The van der Waals surface area contributed by atoms with Gasteiger partial charge in [-0.3, -0.25) is 9.59 Å². The summed E-state index contributed by atoms with van der Waals surface area (Å²) in [4.78, 5) is 27.0. The number of aliphatic hydroxyl groups excluding tert-OH is 1.